The first-order chi connectivity index (χ1) is 14.4. The molecule has 0 amide bonds. The molecule has 0 radical (unpaired) electrons. The summed E-state index contributed by atoms with van der Waals surface area (Å²) in [7, 11) is -3.77. The van der Waals surface area contributed by atoms with Crippen molar-refractivity contribution in [2.45, 2.75) is 11.5 Å². The zero-order valence-electron chi connectivity index (χ0n) is 15.5. The Balaban J connectivity index is 1.53. The topological polar surface area (TPSA) is 98.0 Å². The molecule has 0 aromatic carbocycles. The Hall–Kier alpha value is -1.92. The first kappa shape index (κ1) is 21.3. The van der Waals surface area contributed by atoms with Crippen molar-refractivity contribution >= 4 is 56.3 Å². The predicted molar refractivity (Wildman–Crippen MR) is 116 cm³/mol. The molecule has 1 saturated heterocycles. The van der Waals surface area contributed by atoms with Crippen LogP contribution in [0.3, 0.4) is 0 Å². The molecular formula is C18H16ClN3O5S3. The lowest BCUT2D eigenvalue weighted by Crippen LogP contribution is -2.38. The number of rotatable bonds is 5. The average Bonchev–Trinajstić information content (AvgIpc) is 3.24. The third-order valence-electron chi connectivity index (χ3n) is 4.43. The Morgan fingerprint density at radius 1 is 1.23 bits per heavy atom. The van der Waals surface area contributed by atoms with Crippen molar-refractivity contribution in [2.24, 2.45) is 0 Å². The molecule has 0 spiro atoms. The van der Waals surface area contributed by atoms with Crippen LogP contribution in [-0.4, -0.2) is 52.7 Å². The monoisotopic (exact) mass is 485 g/mol. The number of fused-ring (bicyclic) bond motifs is 1. The first-order valence-corrected chi connectivity index (χ1v) is 12.7. The second-order valence-electron chi connectivity index (χ2n) is 6.37. The third-order valence-corrected chi connectivity index (χ3v) is 8.56. The molecule has 4 rings (SSSR count). The van der Waals surface area contributed by atoms with E-state index in [1.165, 1.54) is 27.0 Å². The van der Waals surface area contributed by atoms with E-state index in [-0.39, 0.29) is 27.6 Å². The highest BCUT2D eigenvalue weighted by molar-refractivity contribution is 7.99. The third kappa shape index (κ3) is 4.26. The fraction of sp³-hybridized carbons (Fsp3) is 0.278. The summed E-state index contributed by atoms with van der Waals surface area (Å²) >= 11 is 8.59. The van der Waals surface area contributed by atoms with Crippen LogP contribution < -0.4 is 5.56 Å². The van der Waals surface area contributed by atoms with Gasteiger partial charge in [-0.2, -0.15) is 16.1 Å². The fourth-order valence-corrected chi connectivity index (χ4v) is 7.00. The first-order valence-electron chi connectivity index (χ1n) is 8.86. The van der Waals surface area contributed by atoms with Crippen LogP contribution in [0.2, 0.25) is 5.02 Å². The number of carbonyl (C=O) groups excluding carboxylic acids is 1. The minimum absolute atomic E-state index is 0.0116. The van der Waals surface area contributed by atoms with Gasteiger partial charge in [-0.1, -0.05) is 11.6 Å². The molecule has 0 saturated carbocycles. The lowest BCUT2D eigenvalue weighted by atomic mass is 10.4. The van der Waals surface area contributed by atoms with Gasteiger partial charge in [-0.15, -0.1) is 11.3 Å². The Bertz CT molecular complexity index is 1270. The maximum absolute atomic E-state index is 12.9. The van der Waals surface area contributed by atoms with Crippen molar-refractivity contribution < 1.29 is 17.9 Å². The minimum atomic E-state index is -3.77. The summed E-state index contributed by atoms with van der Waals surface area (Å²) in [6, 6.07) is 5.84. The molecule has 4 heterocycles. The van der Waals surface area contributed by atoms with E-state index in [1.807, 2.05) is 0 Å². The van der Waals surface area contributed by atoms with Gasteiger partial charge in [0, 0.05) is 36.9 Å². The molecule has 0 N–H and O–H groups in total. The van der Waals surface area contributed by atoms with Crippen molar-refractivity contribution in [1.82, 2.24) is 13.7 Å². The van der Waals surface area contributed by atoms with Crippen molar-refractivity contribution in [3.8, 4) is 0 Å². The van der Waals surface area contributed by atoms with Crippen molar-refractivity contribution in [3.05, 3.63) is 61.8 Å². The number of thioether (sulfide) groups is 1. The summed E-state index contributed by atoms with van der Waals surface area (Å²) in [6.07, 6.45) is 1.45. The average molecular weight is 486 g/mol. The van der Waals surface area contributed by atoms with Gasteiger partial charge in [-0.05, 0) is 23.6 Å². The standard InChI is InChI=1S/C18H16ClN3O5S3/c19-12-1-2-15-20-13(9-16(23)22(15)10-12)11-27-18(24)17-14(3-6-29-17)30(25,26)21-4-7-28-8-5-21/h1-3,6,9-10H,4-5,7-8,11H2. The smallest absolute Gasteiger partial charge is 0.350 e. The van der Waals surface area contributed by atoms with Crippen molar-refractivity contribution in [1.29, 1.82) is 0 Å². The van der Waals surface area contributed by atoms with Gasteiger partial charge in [0.25, 0.3) is 5.56 Å². The van der Waals surface area contributed by atoms with Gasteiger partial charge in [0.1, 0.15) is 22.0 Å². The van der Waals surface area contributed by atoms with Crippen LogP contribution >= 0.6 is 34.7 Å². The van der Waals surface area contributed by atoms with E-state index in [1.54, 1.807) is 29.3 Å². The zero-order valence-corrected chi connectivity index (χ0v) is 18.7. The molecule has 0 aliphatic carbocycles. The molecule has 1 aliphatic heterocycles. The number of thiophene rings is 1. The Morgan fingerprint density at radius 3 is 2.77 bits per heavy atom. The quantitative estimate of drug-likeness (QED) is 0.512. The van der Waals surface area contributed by atoms with Crippen molar-refractivity contribution in [3.63, 3.8) is 0 Å². The van der Waals surface area contributed by atoms with Gasteiger partial charge < -0.3 is 4.74 Å². The summed E-state index contributed by atoms with van der Waals surface area (Å²) < 4.78 is 33.8. The van der Waals surface area contributed by atoms with Gasteiger partial charge in [0.15, 0.2) is 0 Å². The molecule has 0 atom stereocenters. The minimum Gasteiger partial charge on any atom is -0.455 e. The number of hydrogen-bond donors (Lipinski definition) is 0. The van der Waals surface area contributed by atoms with Crippen LogP contribution in [0.5, 0.6) is 0 Å². The lowest BCUT2D eigenvalue weighted by Gasteiger charge is -2.25. The van der Waals surface area contributed by atoms with E-state index in [0.717, 1.165) is 22.8 Å². The normalized spacial score (nSPS) is 15.4. The molecule has 1 fully saturated rings. The number of nitrogens with zero attached hydrogens (tertiary/aromatic N) is 3. The van der Waals surface area contributed by atoms with Crippen LogP contribution in [0.1, 0.15) is 15.4 Å². The summed E-state index contributed by atoms with van der Waals surface area (Å²) in [6.45, 7) is 0.559. The molecule has 8 nitrogen and oxygen atoms in total. The summed E-state index contributed by atoms with van der Waals surface area (Å²) in [5.74, 6) is 0.669. The van der Waals surface area contributed by atoms with E-state index >= 15 is 0 Å². The summed E-state index contributed by atoms with van der Waals surface area (Å²) in [5.41, 5.74) is 0.251. The van der Waals surface area contributed by atoms with Crippen LogP contribution in [0, 0.1) is 0 Å². The van der Waals surface area contributed by atoms with Gasteiger partial charge >= 0.3 is 5.97 Å². The van der Waals surface area contributed by atoms with Crippen LogP contribution in [0.25, 0.3) is 5.65 Å². The van der Waals surface area contributed by atoms with E-state index in [0.29, 0.717) is 23.8 Å². The molecule has 12 heteroatoms. The number of sulfonamides is 1. The molecule has 0 unspecified atom stereocenters. The number of ether oxygens (including phenoxy) is 1. The second kappa shape index (κ2) is 8.67. The molecule has 158 valence electrons. The van der Waals surface area contributed by atoms with Crippen LogP contribution in [0.15, 0.2) is 45.5 Å². The number of aromatic nitrogens is 2. The zero-order chi connectivity index (χ0) is 21.3. The largest absolute Gasteiger partial charge is 0.455 e. The van der Waals surface area contributed by atoms with Gasteiger partial charge in [0.2, 0.25) is 10.0 Å². The second-order valence-corrected chi connectivity index (χ2v) is 10.9. The Kier molecular flexibility index (Phi) is 6.16. The maximum atomic E-state index is 12.9. The molecule has 30 heavy (non-hydrogen) atoms. The summed E-state index contributed by atoms with van der Waals surface area (Å²) in [4.78, 5) is 29.1. The van der Waals surface area contributed by atoms with Crippen molar-refractivity contribution in [2.75, 3.05) is 24.6 Å². The lowest BCUT2D eigenvalue weighted by molar-refractivity contribution is 0.0469. The highest BCUT2D eigenvalue weighted by Crippen LogP contribution is 2.28. The molecule has 3 aromatic rings. The van der Waals surface area contributed by atoms with Crippen LogP contribution in [-0.2, 0) is 21.4 Å². The van der Waals surface area contributed by atoms with Gasteiger partial charge in [0.05, 0.1) is 10.7 Å². The summed E-state index contributed by atoms with van der Waals surface area (Å²) in [5, 5.41) is 1.94. The SMILES string of the molecule is O=C(OCc1cc(=O)n2cc(Cl)ccc2n1)c1sccc1S(=O)(=O)N1CCSCC1. The maximum Gasteiger partial charge on any atom is 0.350 e. The number of halogens is 1. The Morgan fingerprint density at radius 2 is 2.00 bits per heavy atom. The molecule has 0 bridgehead atoms. The number of esters is 1. The highest BCUT2D eigenvalue weighted by atomic mass is 35.5. The van der Waals surface area contributed by atoms with E-state index in [2.05, 4.69) is 4.98 Å². The number of pyridine rings is 1. The highest BCUT2D eigenvalue weighted by Gasteiger charge is 2.31. The Labute approximate surface area is 185 Å². The molecule has 1 aliphatic rings. The number of hydrogen-bond acceptors (Lipinski definition) is 8. The number of carbonyl (C=O) groups is 1. The molecule has 3 aromatic heterocycles. The van der Waals surface area contributed by atoms with E-state index in [9.17, 15) is 18.0 Å². The van der Waals surface area contributed by atoms with Gasteiger partial charge in [-0.25, -0.2) is 18.2 Å². The fourth-order valence-electron chi connectivity index (χ4n) is 2.98. The molecular weight excluding hydrogens is 470 g/mol. The van der Waals surface area contributed by atoms with Gasteiger partial charge in [-0.3, -0.25) is 9.20 Å². The van der Waals surface area contributed by atoms with Crippen LogP contribution in [0.4, 0.5) is 0 Å². The van der Waals surface area contributed by atoms with E-state index < -0.39 is 16.0 Å². The predicted octanol–water partition coefficient (Wildman–Crippen LogP) is 2.50. The van der Waals surface area contributed by atoms with E-state index in [4.69, 9.17) is 16.3 Å².